The fourth-order valence-corrected chi connectivity index (χ4v) is 4.99. The second kappa shape index (κ2) is 7.96. The van der Waals surface area contributed by atoms with Crippen molar-refractivity contribution in [3.05, 3.63) is 0 Å². The average molecular weight is 324 g/mol. The Balaban J connectivity index is 1.35. The topological polar surface area (TPSA) is 27.3 Å². The second-order valence-corrected chi connectivity index (χ2v) is 8.10. The molecule has 4 heteroatoms. The van der Waals surface area contributed by atoms with E-state index in [2.05, 4.69) is 22.5 Å². The molecule has 4 fully saturated rings. The third kappa shape index (κ3) is 4.14. The highest BCUT2D eigenvalue weighted by molar-refractivity contribution is 7.80. The van der Waals surface area contributed by atoms with Crippen molar-refractivity contribution in [2.24, 2.45) is 17.8 Å². The summed E-state index contributed by atoms with van der Waals surface area (Å²) in [4.78, 5) is 2.70. The maximum Gasteiger partial charge on any atom is 0.166 e. The van der Waals surface area contributed by atoms with Crippen LogP contribution in [0.1, 0.15) is 58.3 Å². The largest absolute Gasteiger partial charge is 0.362 e. The molecule has 1 unspecified atom stereocenters. The number of thiocarbonyl (C=S) groups is 1. The smallest absolute Gasteiger partial charge is 0.166 e. The molecule has 0 amide bonds. The van der Waals surface area contributed by atoms with E-state index in [4.69, 9.17) is 12.2 Å². The molecule has 0 aromatic heterocycles. The Morgan fingerprint density at radius 2 is 1.86 bits per heavy atom. The molecule has 1 saturated carbocycles. The summed E-state index contributed by atoms with van der Waals surface area (Å²) in [5, 5.41) is 7.82. The minimum absolute atomic E-state index is 0.705. The number of hydrogen-bond acceptors (Lipinski definition) is 2. The van der Waals surface area contributed by atoms with Gasteiger partial charge < -0.3 is 10.6 Å². The van der Waals surface area contributed by atoms with Crippen LogP contribution in [0.25, 0.3) is 0 Å². The predicted molar refractivity (Wildman–Crippen MR) is 97.0 cm³/mol. The van der Waals surface area contributed by atoms with Gasteiger partial charge in [-0.25, -0.2) is 0 Å². The summed E-state index contributed by atoms with van der Waals surface area (Å²) in [6.45, 7) is 7.07. The van der Waals surface area contributed by atoms with E-state index in [1.54, 1.807) is 0 Å². The summed E-state index contributed by atoms with van der Waals surface area (Å²) in [6.07, 6.45) is 11.1. The Morgan fingerprint density at radius 1 is 1.09 bits per heavy atom. The zero-order valence-corrected chi connectivity index (χ0v) is 15.0. The van der Waals surface area contributed by atoms with Gasteiger partial charge in [0.1, 0.15) is 0 Å². The van der Waals surface area contributed by atoms with Gasteiger partial charge in [-0.3, -0.25) is 4.90 Å². The van der Waals surface area contributed by atoms with E-state index in [-0.39, 0.29) is 0 Å². The van der Waals surface area contributed by atoms with Crippen molar-refractivity contribution in [2.45, 2.75) is 64.3 Å². The zero-order valence-electron chi connectivity index (χ0n) is 14.2. The second-order valence-electron chi connectivity index (χ2n) is 7.70. The summed E-state index contributed by atoms with van der Waals surface area (Å²) in [5.41, 5.74) is 0. The summed E-state index contributed by atoms with van der Waals surface area (Å²) < 4.78 is 0. The van der Waals surface area contributed by atoms with Crippen LogP contribution >= 0.6 is 12.2 Å². The third-order valence-electron chi connectivity index (χ3n) is 6.31. The molecule has 3 aliphatic heterocycles. The summed E-state index contributed by atoms with van der Waals surface area (Å²) in [5.74, 6) is 2.75. The van der Waals surface area contributed by atoms with Gasteiger partial charge in [0, 0.05) is 25.7 Å². The van der Waals surface area contributed by atoms with Crippen LogP contribution < -0.4 is 10.6 Å². The zero-order chi connectivity index (χ0) is 15.4. The van der Waals surface area contributed by atoms with Crippen LogP contribution in [0.2, 0.25) is 0 Å². The summed E-state index contributed by atoms with van der Waals surface area (Å²) >= 11 is 5.48. The van der Waals surface area contributed by atoms with Gasteiger partial charge in [-0.05, 0) is 62.2 Å². The van der Waals surface area contributed by atoms with Crippen LogP contribution in [-0.4, -0.2) is 42.2 Å². The first-order valence-corrected chi connectivity index (χ1v) is 9.92. The molecule has 4 atom stereocenters. The van der Waals surface area contributed by atoms with Crippen LogP contribution in [0.15, 0.2) is 0 Å². The van der Waals surface area contributed by atoms with Gasteiger partial charge in [0.2, 0.25) is 0 Å². The quantitative estimate of drug-likeness (QED) is 0.760. The van der Waals surface area contributed by atoms with E-state index in [0.717, 1.165) is 36.0 Å². The van der Waals surface area contributed by atoms with Gasteiger partial charge in [-0.1, -0.05) is 32.6 Å². The minimum Gasteiger partial charge on any atom is -0.362 e. The Labute approximate surface area is 141 Å². The number of rotatable bonds is 5. The molecular formula is C18H33N3S. The summed E-state index contributed by atoms with van der Waals surface area (Å²) in [7, 11) is 0. The lowest BCUT2D eigenvalue weighted by Crippen LogP contribution is -2.57. The highest BCUT2D eigenvalue weighted by atomic mass is 32.1. The molecule has 4 aliphatic rings. The van der Waals surface area contributed by atoms with Gasteiger partial charge in [0.15, 0.2) is 5.11 Å². The van der Waals surface area contributed by atoms with Gasteiger partial charge in [-0.15, -0.1) is 0 Å². The fourth-order valence-electron chi connectivity index (χ4n) is 4.83. The van der Waals surface area contributed by atoms with Gasteiger partial charge in [0.25, 0.3) is 0 Å². The first kappa shape index (κ1) is 16.5. The molecule has 22 heavy (non-hydrogen) atoms. The maximum atomic E-state index is 5.48. The Hall–Kier alpha value is -0.350. The van der Waals surface area contributed by atoms with Gasteiger partial charge in [0.05, 0.1) is 0 Å². The number of hydrogen-bond donors (Lipinski definition) is 2. The normalized spacial score (nSPS) is 35.3. The Morgan fingerprint density at radius 3 is 2.55 bits per heavy atom. The monoisotopic (exact) mass is 323 g/mol. The van der Waals surface area contributed by atoms with Crippen molar-refractivity contribution in [1.29, 1.82) is 0 Å². The molecule has 0 radical (unpaired) electrons. The highest BCUT2D eigenvalue weighted by Crippen LogP contribution is 2.37. The van der Waals surface area contributed by atoms with E-state index < -0.39 is 0 Å². The van der Waals surface area contributed by atoms with Crippen molar-refractivity contribution < 1.29 is 0 Å². The van der Waals surface area contributed by atoms with E-state index in [1.807, 2.05) is 0 Å². The van der Waals surface area contributed by atoms with Crippen molar-refractivity contribution in [1.82, 2.24) is 15.5 Å². The van der Waals surface area contributed by atoms with Crippen molar-refractivity contribution in [3.8, 4) is 0 Å². The molecule has 3 nitrogen and oxygen atoms in total. The van der Waals surface area contributed by atoms with E-state index >= 15 is 0 Å². The highest BCUT2D eigenvalue weighted by Gasteiger charge is 2.38. The minimum atomic E-state index is 0.705. The standard InChI is InChI=1S/C18H33N3S/c1-2-15-13-21-9-8-16(15)10-17(21)12-20-18(22)19-11-14-6-4-3-5-7-14/h14-17H,2-13H2,1H3,(H2,19,20,22)/t15-,16-,17+/m0/s1. The molecule has 1 aliphatic carbocycles. The molecular weight excluding hydrogens is 290 g/mol. The first-order chi connectivity index (χ1) is 10.8. The molecule has 3 heterocycles. The third-order valence-corrected chi connectivity index (χ3v) is 6.60. The number of nitrogens with zero attached hydrogens (tertiary/aromatic N) is 1. The molecule has 2 bridgehead atoms. The summed E-state index contributed by atoms with van der Waals surface area (Å²) in [6, 6.07) is 0.705. The van der Waals surface area contributed by atoms with Crippen molar-refractivity contribution in [3.63, 3.8) is 0 Å². The molecule has 0 aromatic carbocycles. The average Bonchev–Trinajstić information content (AvgIpc) is 2.59. The predicted octanol–water partition coefficient (Wildman–Crippen LogP) is 3.15. The van der Waals surface area contributed by atoms with Crippen molar-refractivity contribution in [2.75, 3.05) is 26.2 Å². The maximum absolute atomic E-state index is 5.48. The van der Waals surface area contributed by atoms with Crippen LogP contribution in [-0.2, 0) is 0 Å². The van der Waals surface area contributed by atoms with Crippen LogP contribution in [0.4, 0.5) is 0 Å². The first-order valence-electron chi connectivity index (χ1n) is 9.52. The number of fused-ring (bicyclic) bond motifs is 3. The van der Waals surface area contributed by atoms with Crippen LogP contribution in [0, 0.1) is 17.8 Å². The number of nitrogens with one attached hydrogen (secondary N) is 2. The van der Waals surface area contributed by atoms with E-state index in [1.165, 1.54) is 64.5 Å². The van der Waals surface area contributed by atoms with Crippen LogP contribution in [0.3, 0.4) is 0 Å². The number of piperidine rings is 3. The Kier molecular flexibility index (Phi) is 5.97. The lowest BCUT2D eigenvalue weighted by molar-refractivity contribution is 0.00205. The Bertz CT molecular complexity index is 367. The SMILES string of the molecule is CC[C@H]1CN2CC[C@H]1C[C@@H]2CNC(=S)NCC1CCCCC1. The molecule has 0 spiro atoms. The van der Waals surface area contributed by atoms with E-state index in [0.29, 0.717) is 6.04 Å². The van der Waals surface area contributed by atoms with E-state index in [9.17, 15) is 0 Å². The van der Waals surface area contributed by atoms with Gasteiger partial charge in [-0.2, -0.15) is 0 Å². The lowest BCUT2D eigenvalue weighted by atomic mass is 9.74. The fraction of sp³-hybridized carbons (Fsp3) is 0.944. The van der Waals surface area contributed by atoms with Crippen LogP contribution in [0.5, 0.6) is 0 Å². The van der Waals surface area contributed by atoms with Gasteiger partial charge >= 0.3 is 0 Å². The molecule has 0 aromatic rings. The molecule has 3 saturated heterocycles. The molecule has 2 N–H and O–H groups in total. The molecule has 4 rings (SSSR count). The molecule has 126 valence electrons. The van der Waals surface area contributed by atoms with Crippen molar-refractivity contribution >= 4 is 17.3 Å². The lowest BCUT2D eigenvalue weighted by Gasteiger charge is -2.50.